The minimum absolute atomic E-state index is 0.0423. The molecule has 0 atom stereocenters. The van der Waals surface area contributed by atoms with Gasteiger partial charge < -0.3 is 5.11 Å². The van der Waals surface area contributed by atoms with Crippen LogP contribution in [0.4, 0.5) is 0 Å². The Morgan fingerprint density at radius 2 is 2.13 bits per heavy atom. The van der Waals surface area contributed by atoms with E-state index in [1.165, 1.54) is 0 Å². The number of benzene rings is 1. The molecule has 0 fully saturated rings. The van der Waals surface area contributed by atoms with Crippen LogP contribution in [-0.2, 0) is 11.2 Å². The van der Waals surface area contributed by atoms with Gasteiger partial charge in [0.1, 0.15) is 0 Å². The fraction of sp³-hybridized carbons (Fsp3) is 0.154. The number of hydrogen-bond acceptors (Lipinski definition) is 2. The molecule has 1 N–H and O–H groups in total. The molecular weight excluding hydrogens is 188 g/mol. The molecule has 2 nitrogen and oxygen atoms in total. The van der Waals surface area contributed by atoms with Gasteiger partial charge in [-0.3, -0.25) is 4.79 Å². The van der Waals surface area contributed by atoms with Gasteiger partial charge in [0.2, 0.25) is 5.78 Å². The second-order valence-corrected chi connectivity index (χ2v) is 3.91. The zero-order valence-corrected chi connectivity index (χ0v) is 8.16. The lowest BCUT2D eigenvalue weighted by Gasteiger charge is -2.23. The number of allylic oxidation sites excluding steroid dienone is 3. The SMILES string of the molecule is O=C1Cc2cccc3c2C(=C1O)CC=C3. The first-order chi connectivity index (χ1) is 7.27. The summed E-state index contributed by atoms with van der Waals surface area (Å²) in [5, 5.41) is 9.74. The Hall–Kier alpha value is -1.83. The summed E-state index contributed by atoms with van der Waals surface area (Å²) in [5.41, 5.74) is 4.00. The maximum absolute atomic E-state index is 11.5. The monoisotopic (exact) mass is 198 g/mol. The molecule has 2 aliphatic carbocycles. The van der Waals surface area contributed by atoms with Crippen molar-refractivity contribution in [2.45, 2.75) is 12.8 Å². The van der Waals surface area contributed by atoms with Gasteiger partial charge in [-0.05, 0) is 23.1 Å². The molecule has 0 heterocycles. The number of aliphatic hydroxyl groups is 1. The zero-order valence-electron chi connectivity index (χ0n) is 8.16. The van der Waals surface area contributed by atoms with Crippen LogP contribution in [0.3, 0.4) is 0 Å². The third-order valence-electron chi connectivity index (χ3n) is 3.01. The molecule has 0 aromatic heterocycles. The van der Waals surface area contributed by atoms with E-state index < -0.39 is 0 Å². The molecule has 0 radical (unpaired) electrons. The Kier molecular flexibility index (Phi) is 1.60. The van der Waals surface area contributed by atoms with Crippen molar-refractivity contribution in [1.29, 1.82) is 0 Å². The molecule has 1 aromatic carbocycles. The smallest absolute Gasteiger partial charge is 0.201 e. The second-order valence-electron chi connectivity index (χ2n) is 3.91. The first kappa shape index (κ1) is 8.48. The van der Waals surface area contributed by atoms with E-state index in [-0.39, 0.29) is 11.5 Å². The highest BCUT2D eigenvalue weighted by Crippen LogP contribution is 2.37. The predicted octanol–water partition coefficient (Wildman–Crippen LogP) is 2.50. The Morgan fingerprint density at radius 3 is 3.00 bits per heavy atom. The van der Waals surface area contributed by atoms with Crippen LogP contribution in [0.15, 0.2) is 30.0 Å². The zero-order chi connectivity index (χ0) is 10.4. The molecule has 0 saturated heterocycles. The number of hydrogen-bond donors (Lipinski definition) is 1. The third-order valence-corrected chi connectivity index (χ3v) is 3.01. The normalized spacial score (nSPS) is 18.0. The van der Waals surface area contributed by atoms with Crippen molar-refractivity contribution in [3.63, 3.8) is 0 Å². The van der Waals surface area contributed by atoms with Crippen molar-refractivity contribution in [3.05, 3.63) is 46.7 Å². The van der Waals surface area contributed by atoms with Gasteiger partial charge in [0, 0.05) is 12.0 Å². The Bertz CT molecular complexity index is 521. The average Bonchev–Trinajstić information content (AvgIpc) is 2.26. The second kappa shape index (κ2) is 2.83. The van der Waals surface area contributed by atoms with Crippen LogP contribution in [0.2, 0.25) is 0 Å². The average molecular weight is 198 g/mol. The molecule has 0 bridgehead atoms. The van der Waals surface area contributed by atoms with Crippen molar-refractivity contribution < 1.29 is 9.90 Å². The summed E-state index contributed by atoms with van der Waals surface area (Å²) < 4.78 is 0. The van der Waals surface area contributed by atoms with Gasteiger partial charge in [0.05, 0.1) is 0 Å². The molecule has 2 heteroatoms. The van der Waals surface area contributed by atoms with E-state index in [1.807, 2.05) is 30.4 Å². The molecule has 0 saturated carbocycles. The fourth-order valence-electron chi connectivity index (χ4n) is 2.32. The van der Waals surface area contributed by atoms with E-state index in [0.717, 1.165) is 22.3 Å². The van der Waals surface area contributed by atoms with Crippen LogP contribution < -0.4 is 0 Å². The van der Waals surface area contributed by atoms with Crippen LogP contribution in [0, 0.1) is 0 Å². The molecule has 2 aliphatic rings. The maximum Gasteiger partial charge on any atom is 0.201 e. The molecule has 74 valence electrons. The topological polar surface area (TPSA) is 37.3 Å². The van der Waals surface area contributed by atoms with Crippen molar-refractivity contribution in [2.75, 3.05) is 0 Å². The van der Waals surface area contributed by atoms with Gasteiger partial charge in [-0.1, -0.05) is 30.4 Å². The predicted molar refractivity (Wildman–Crippen MR) is 58.4 cm³/mol. The quantitative estimate of drug-likeness (QED) is 0.695. The Morgan fingerprint density at radius 1 is 1.27 bits per heavy atom. The number of ketones is 1. The minimum atomic E-state index is -0.162. The van der Waals surface area contributed by atoms with E-state index in [1.54, 1.807) is 0 Å². The van der Waals surface area contributed by atoms with E-state index in [2.05, 4.69) is 0 Å². The number of carbonyl (C=O) groups excluding carboxylic acids is 1. The van der Waals surface area contributed by atoms with Crippen LogP contribution in [0.1, 0.15) is 23.1 Å². The van der Waals surface area contributed by atoms with Gasteiger partial charge >= 0.3 is 0 Å². The van der Waals surface area contributed by atoms with E-state index in [9.17, 15) is 9.90 Å². The van der Waals surface area contributed by atoms with Gasteiger partial charge in [-0.15, -0.1) is 0 Å². The van der Waals surface area contributed by atoms with E-state index in [0.29, 0.717) is 12.8 Å². The van der Waals surface area contributed by atoms with Gasteiger partial charge in [0.25, 0.3) is 0 Å². The first-order valence-corrected chi connectivity index (χ1v) is 5.01. The number of Topliss-reactive ketones (excluding diaryl/α,β-unsaturated/α-hetero) is 1. The molecule has 3 rings (SSSR count). The molecule has 0 aliphatic heterocycles. The lowest BCUT2D eigenvalue weighted by Crippen LogP contribution is -2.17. The third kappa shape index (κ3) is 1.08. The maximum atomic E-state index is 11.5. The highest BCUT2D eigenvalue weighted by molar-refractivity contribution is 6.06. The fourth-order valence-corrected chi connectivity index (χ4v) is 2.32. The van der Waals surface area contributed by atoms with Crippen molar-refractivity contribution in [1.82, 2.24) is 0 Å². The molecular formula is C13H10O2. The van der Waals surface area contributed by atoms with Gasteiger partial charge in [-0.25, -0.2) is 0 Å². The number of aliphatic hydroxyl groups excluding tert-OH is 1. The van der Waals surface area contributed by atoms with E-state index in [4.69, 9.17) is 0 Å². The lowest BCUT2D eigenvalue weighted by molar-refractivity contribution is -0.117. The largest absolute Gasteiger partial charge is 0.504 e. The van der Waals surface area contributed by atoms with Crippen molar-refractivity contribution in [2.24, 2.45) is 0 Å². The Balaban J connectivity index is 2.38. The summed E-state index contributed by atoms with van der Waals surface area (Å²) in [6.45, 7) is 0. The van der Waals surface area contributed by atoms with Gasteiger partial charge in [-0.2, -0.15) is 0 Å². The summed E-state index contributed by atoms with van der Waals surface area (Å²) in [4.78, 5) is 11.5. The highest BCUT2D eigenvalue weighted by atomic mass is 16.3. The standard InChI is InChI=1S/C13H10O2/c14-11-7-9-5-1-3-8-4-2-6-10(12(8)9)13(11)15/h1-5,15H,6-7H2. The van der Waals surface area contributed by atoms with Crippen LogP contribution in [0.25, 0.3) is 11.6 Å². The van der Waals surface area contributed by atoms with E-state index >= 15 is 0 Å². The number of rotatable bonds is 0. The molecule has 0 spiro atoms. The van der Waals surface area contributed by atoms with Gasteiger partial charge in [0.15, 0.2) is 5.76 Å². The lowest BCUT2D eigenvalue weighted by atomic mass is 9.81. The molecule has 0 unspecified atom stereocenters. The Labute approximate surface area is 87.6 Å². The van der Waals surface area contributed by atoms with Crippen molar-refractivity contribution >= 4 is 17.4 Å². The van der Waals surface area contributed by atoms with Crippen LogP contribution in [-0.4, -0.2) is 10.9 Å². The molecule has 1 aromatic rings. The highest BCUT2D eigenvalue weighted by Gasteiger charge is 2.27. The summed E-state index contributed by atoms with van der Waals surface area (Å²) in [6.07, 6.45) is 5.01. The van der Waals surface area contributed by atoms with Crippen LogP contribution in [0.5, 0.6) is 0 Å². The first-order valence-electron chi connectivity index (χ1n) is 5.01. The molecule has 15 heavy (non-hydrogen) atoms. The summed E-state index contributed by atoms with van der Waals surface area (Å²) in [6, 6.07) is 5.93. The summed E-state index contributed by atoms with van der Waals surface area (Å²) in [5.74, 6) is -0.204. The van der Waals surface area contributed by atoms with Crippen molar-refractivity contribution in [3.8, 4) is 0 Å². The molecule has 0 amide bonds. The van der Waals surface area contributed by atoms with Crippen LogP contribution >= 0.6 is 0 Å². The minimum Gasteiger partial charge on any atom is -0.504 e. The summed E-state index contributed by atoms with van der Waals surface area (Å²) >= 11 is 0. The number of carbonyl (C=O) groups is 1. The summed E-state index contributed by atoms with van der Waals surface area (Å²) in [7, 11) is 0.